The van der Waals surface area contributed by atoms with Gasteiger partial charge < -0.3 is 15.5 Å². The zero-order chi connectivity index (χ0) is 16.4. The number of carbonyl (C=O) groups excluding carboxylic acids is 1. The molecule has 0 saturated heterocycles. The Morgan fingerprint density at radius 1 is 1.26 bits per heavy atom. The van der Waals surface area contributed by atoms with Crippen LogP contribution in [-0.2, 0) is 11.3 Å². The summed E-state index contributed by atoms with van der Waals surface area (Å²) in [5, 5.41) is 6.08. The van der Waals surface area contributed by atoms with E-state index in [9.17, 15) is 4.79 Å². The summed E-state index contributed by atoms with van der Waals surface area (Å²) in [7, 11) is 3.72. The number of benzene rings is 1. The van der Waals surface area contributed by atoms with Gasteiger partial charge in [0.25, 0.3) is 0 Å². The van der Waals surface area contributed by atoms with Crippen LogP contribution in [0, 0.1) is 0 Å². The van der Waals surface area contributed by atoms with Crippen LogP contribution in [0.5, 0.6) is 0 Å². The summed E-state index contributed by atoms with van der Waals surface area (Å²) >= 11 is 3.55. The third-order valence-corrected chi connectivity index (χ3v) is 3.92. The number of hydrogen-bond acceptors (Lipinski definition) is 2. The molecule has 0 atom stereocenters. The topological polar surface area (TPSA) is 56.7 Å². The highest BCUT2D eigenvalue weighted by atomic mass is 127. The Bertz CT molecular complexity index is 511. The quantitative estimate of drug-likeness (QED) is 0.346. The number of nitrogens with one attached hydrogen (secondary N) is 2. The molecule has 0 heterocycles. The highest BCUT2D eigenvalue weighted by Gasteiger charge is 2.09. The lowest BCUT2D eigenvalue weighted by Gasteiger charge is -2.22. The van der Waals surface area contributed by atoms with Gasteiger partial charge in [0.2, 0.25) is 5.91 Å². The minimum Gasteiger partial charge on any atom is -0.356 e. The fraction of sp³-hybridized carbons (Fsp3) is 0.500. The molecule has 0 bridgehead atoms. The van der Waals surface area contributed by atoms with Crippen LogP contribution in [0.15, 0.2) is 33.7 Å². The molecule has 1 aromatic carbocycles. The van der Waals surface area contributed by atoms with Crippen molar-refractivity contribution >= 4 is 51.8 Å². The molecule has 5 nitrogen and oxygen atoms in total. The zero-order valence-electron chi connectivity index (χ0n) is 13.9. The molecule has 7 heteroatoms. The van der Waals surface area contributed by atoms with Crippen LogP contribution in [0.2, 0.25) is 0 Å². The van der Waals surface area contributed by atoms with Gasteiger partial charge in [-0.1, -0.05) is 41.1 Å². The van der Waals surface area contributed by atoms with Gasteiger partial charge in [0.1, 0.15) is 0 Å². The maximum absolute atomic E-state index is 11.6. The molecule has 23 heavy (non-hydrogen) atoms. The summed E-state index contributed by atoms with van der Waals surface area (Å²) in [5.41, 5.74) is 1.19. The van der Waals surface area contributed by atoms with E-state index in [1.165, 1.54) is 5.56 Å². The molecule has 2 N–H and O–H groups in total. The van der Waals surface area contributed by atoms with Crippen molar-refractivity contribution in [2.24, 2.45) is 4.99 Å². The second kappa shape index (κ2) is 12.6. The van der Waals surface area contributed by atoms with E-state index in [1.54, 1.807) is 7.05 Å². The third-order valence-electron chi connectivity index (χ3n) is 3.15. The van der Waals surface area contributed by atoms with Crippen molar-refractivity contribution in [3.8, 4) is 0 Å². The van der Waals surface area contributed by atoms with E-state index in [2.05, 4.69) is 37.6 Å². The Balaban J connectivity index is 0.00000484. The fourth-order valence-corrected chi connectivity index (χ4v) is 2.39. The van der Waals surface area contributed by atoms with Crippen molar-refractivity contribution in [2.75, 3.05) is 27.2 Å². The smallest absolute Gasteiger partial charge is 0.221 e. The number of nitrogens with zero attached hydrogens (tertiary/aromatic N) is 2. The average Bonchev–Trinajstić information content (AvgIpc) is 2.51. The van der Waals surface area contributed by atoms with Crippen LogP contribution < -0.4 is 10.6 Å². The van der Waals surface area contributed by atoms with Crippen LogP contribution in [-0.4, -0.2) is 44.0 Å². The van der Waals surface area contributed by atoms with Crippen LogP contribution in [0.4, 0.5) is 0 Å². The van der Waals surface area contributed by atoms with Gasteiger partial charge >= 0.3 is 0 Å². The maximum atomic E-state index is 11.6. The molecule has 1 aromatic rings. The van der Waals surface area contributed by atoms with E-state index in [-0.39, 0.29) is 29.9 Å². The van der Waals surface area contributed by atoms with Crippen molar-refractivity contribution in [1.82, 2.24) is 15.5 Å². The van der Waals surface area contributed by atoms with Crippen molar-refractivity contribution in [2.45, 2.75) is 26.3 Å². The summed E-state index contributed by atoms with van der Waals surface area (Å²) in [6, 6.07) is 8.11. The van der Waals surface area contributed by atoms with Gasteiger partial charge in [-0.2, -0.15) is 0 Å². The average molecular weight is 497 g/mol. The molecule has 0 spiro atoms. The molecule has 1 amide bonds. The summed E-state index contributed by atoms with van der Waals surface area (Å²) in [6.45, 7) is 4.08. The Labute approximate surface area is 164 Å². The molecule has 1 rings (SSSR count). The molecule has 0 aromatic heterocycles. The number of guanidine groups is 1. The summed E-state index contributed by atoms with van der Waals surface area (Å²) in [6.07, 6.45) is 1.40. The summed E-state index contributed by atoms with van der Waals surface area (Å²) in [5.74, 6) is 0.845. The van der Waals surface area contributed by atoms with Gasteiger partial charge in [0, 0.05) is 44.6 Å². The fourth-order valence-electron chi connectivity index (χ4n) is 1.98. The monoisotopic (exact) mass is 496 g/mol. The Hall–Kier alpha value is -0.830. The summed E-state index contributed by atoms with van der Waals surface area (Å²) < 4.78 is 1.08. The van der Waals surface area contributed by atoms with Gasteiger partial charge in [-0.3, -0.25) is 9.79 Å². The highest BCUT2D eigenvalue weighted by molar-refractivity contribution is 14.0. The minimum absolute atomic E-state index is 0. The molecular formula is C16H26BrIN4O. The Kier molecular flexibility index (Phi) is 12.1. The van der Waals surface area contributed by atoms with Gasteiger partial charge in [-0.25, -0.2) is 0 Å². The number of rotatable bonds is 7. The molecular weight excluding hydrogens is 471 g/mol. The first kappa shape index (κ1) is 22.2. The third kappa shape index (κ3) is 8.55. The minimum atomic E-state index is 0. The van der Waals surface area contributed by atoms with E-state index >= 15 is 0 Å². The lowest BCUT2D eigenvalue weighted by molar-refractivity contribution is -0.120. The molecule has 130 valence electrons. The van der Waals surface area contributed by atoms with Crippen molar-refractivity contribution in [1.29, 1.82) is 0 Å². The molecule has 0 unspecified atom stereocenters. The number of halogens is 2. The SMILES string of the molecule is CCCNC(=O)CCNC(=NC)N(C)Cc1ccccc1Br.I. The first-order valence-electron chi connectivity index (χ1n) is 7.50. The number of hydrogen-bond donors (Lipinski definition) is 2. The Morgan fingerprint density at radius 2 is 1.96 bits per heavy atom. The first-order chi connectivity index (χ1) is 10.6. The molecule has 0 radical (unpaired) electrons. The largest absolute Gasteiger partial charge is 0.356 e. The van der Waals surface area contributed by atoms with Crippen LogP contribution >= 0.6 is 39.9 Å². The second-order valence-corrected chi connectivity index (χ2v) is 5.88. The molecule has 0 aliphatic heterocycles. The van der Waals surface area contributed by atoms with Gasteiger partial charge in [-0.05, 0) is 18.1 Å². The normalized spacial score (nSPS) is 10.7. The maximum Gasteiger partial charge on any atom is 0.221 e. The van der Waals surface area contributed by atoms with E-state index in [0.717, 1.165) is 29.9 Å². The number of carbonyl (C=O) groups is 1. The predicted molar refractivity (Wildman–Crippen MR) is 110 cm³/mol. The summed E-state index contributed by atoms with van der Waals surface area (Å²) in [4.78, 5) is 17.9. The van der Waals surface area contributed by atoms with E-state index in [1.807, 2.05) is 37.1 Å². The zero-order valence-corrected chi connectivity index (χ0v) is 17.9. The second-order valence-electron chi connectivity index (χ2n) is 5.02. The standard InChI is InChI=1S/C16H25BrN4O.HI/c1-4-10-19-15(22)9-11-20-16(18-2)21(3)12-13-7-5-6-8-14(13)17;/h5-8H,4,9-12H2,1-3H3,(H,18,20)(H,19,22);1H. The van der Waals surface area contributed by atoms with Crippen LogP contribution in [0.3, 0.4) is 0 Å². The highest BCUT2D eigenvalue weighted by Crippen LogP contribution is 2.17. The molecule has 0 aliphatic rings. The lowest BCUT2D eigenvalue weighted by atomic mass is 10.2. The molecule has 0 fully saturated rings. The van der Waals surface area contributed by atoms with E-state index < -0.39 is 0 Å². The van der Waals surface area contributed by atoms with Gasteiger partial charge in [0.05, 0.1) is 0 Å². The van der Waals surface area contributed by atoms with Gasteiger partial charge in [-0.15, -0.1) is 24.0 Å². The van der Waals surface area contributed by atoms with E-state index in [0.29, 0.717) is 13.0 Å². The van der Waals surface area contributed by atoms with Crippen LogP contribution in [0.25, 0.3) is 0 Å². The van der Waals surface area contributed by atoms with Crippen molar-refractivity contribution in [3.63, 3.8) is 0 Å². The molecule has 0 aliphatic carbocycles. The van der Waals surface area contributed by atoms with Gasteiger partial charge in [0.15, 0.2) is 5.96 Å². The number of amides is 1. The van der Waals surface area contributed by atoms with Crippen LogP contribution in [0.1, 0.15) is 25.3 Å². The lowest BCUT2D eigenvalue weighted by Crippen LogP contribution is -2.40. The van der Waals surface area contributed by atoms with Crippen molar-refractivity contribution < 1.29 is 4.79 Å². The molecule has 0 saturated carbocycles. The Morgan fingerprint density at radius 3 is 2.57 bits per heavy atom. The van der Waals surface area contributed by atoms with E-state index in [4.69, 9.17) is 0 Å². The number of aliphatic imine (C=N–C) groups is 1. The van der Waals surface area contributed by atoms with Crippen molar-refractivity contribution in [3.05, 3.63) is 34.3 Å². The first-order valence-corrected chi connectivity index (χ1v) is 8.29. The predicted octanol–water partition coefficient (Wildman–Crippen LogP) is 2.99.